The number of nitrogens with zero attached hydrogens (tertiary/aromatic N) is 2. The van der Waals surface area contributed by atoms with Gasteiger partial charge in [0.15, 0.2) is 0 Å². The number of amides is 1. The van der Waals surface area contributed by atoms with Crippen LogP contribution >= 0.6 is 22.6 Å². The number of benzene rings is 1. The minimum Gasteiger partial charge on any atom is -0.319 e. The lowest BCUT2D eigenvalue weighted by Gasteiger charge is -2.05. The summed E-state index contributed by atoms with van der Waals surface area (Å²) in [6.45, 7) is 0. The molecule has 6 heteroatoms. The molecule has 2 rings (SSSR count). The monoisotopic (exact) mass is 338 g/mol. The molecular formula is C11H7IN4O. The Morgan fingerprint density at radius 2 is 2.24 bits per heavy atom. The van der Waals surface area contributed by atoms with Crippen LogP contribution in [0.2, 0.25) is 0 Å². The van der Waals surface area contributed by atoms with Crippen molar-refractivity contribution in [3.8, 4) is 6.07 Å². The summed E-state index contributed by atoms with van der Waals surface area (Å²) in [7, 11) is 0. The number of aromatic nitrogens is 2. The predicted molar refractivity (Wildman–Crippen MR) is 70.4 cm³/mol. The maximum Gasteiger partial charge on any atom is 0.274 e. The number of para-hydroxylation sites is 1. The summed E-state index contributed by atoms with van der Waals surface area (Å²) >= 11 is 2.01. The Kier molecular flexibility index (Phi) is 3.39. The smallest absolute Gasteiger partial charge is 0.274 e. The topological polar surface area (TPSA) is 81.6 Å². The van der Waals surface area contributed by atoms with Gasteiger partial charge >= 0.3 is 0 Å². The maximum atomic E-state index is 11.9. The van der Waals surface area contributed by atoms with Crippen molar-refractivity contribution in [3.63, 3.8) is 0 Å². The fraction of sp³-hybridized carbons (Fsp3) is 0. The molecular weight excluding hydrogens is 331 g/mol. The van der Waals surface area contributed by atoms with Crippen LogP contribution in [0.5, 0.6) is 0 Å². The highest BCUT2D eigenvalue weighted by molar-refractivity contribution is 14.1. The van der Waals surface area contributed by atoms with Gasteiger partial charge in [-0.2, -0.15) is 10.4 Å². The van der Waals surface area contributed by atoms with E-state index in [9.17, 15) is 4.79 Å². The molecule has 17 heavy (non-hydrogen) atoms. The SMILES string of the molecule is N#Cc1ccccc1NC(=O)c1[nH]ncc1I. The molecule has 0 atom stereocenters. The average molecular weight is 338 g/mol. The second kappa shape index (κ2) is 4.97. The van der Waals surface area contributed by atoms with Crippen molar-refractivity contribution in [3.05, 3.63) is 45.3 Å². The van der Waals surface area contributed by atoms with Crippen LogP contribution < -0.4 is 5.32 Å². The van der Waals surface area contributed by atoms with Crippen LogP contribution in [0.3, 0.4) is 0 Å². The number of carbonyl (C=O) groups excluding carboxylic acids is 1. The minimum absolute atomic E-state index is 0.311. The number of aromatic amines is 1. The first-order valence-corrected chi connectivity index (χ1v) is 5.79. The van der Waals surface area contributed by atoms with Crippen molar-refractivity contribution in [2.45, 2.75) is 0 Å². The van der Waals surface area contributed by atoms with Crippen LogP contribution in [0, 0.1) is 14.9 Å². The second-order valence-corrected chi connectivity index (χ2v) is 4.37. The van der Waals surface area contributed by atoms with E-state index in [1.807, 2.05) is 28.7 Å². The summed E-state index contributed by atoms with van der Waals surface area (Å²) < 4.78 is 0.731. The summed E-state index contributed by atoms with van der Waals surface area (Å²) in [5.74, 6) is -0.311. The summed E-state index contributed by atoms with van der Waals surface area (Å²) in [6, 6.07) is 8.85. The zero-order valence-electron chi connectivity index (χ0n) is 8.57. The molecule has 1 heterocycles. The van der Waals surface area contributed by atoms with Crippen molar-refractivity contribution in [2.24, 2.45) is 0 Å². The molecule has 84 valence electrons. The van der Waals surface area contributed by atoms with E-state index in [1.165, 1.54) is 0 Å². The molecule has 5 nitrogen and oxygen atoms in total. The van der Waals surface area contributed by atoms with E-state index >= 15 is 0 Å². The van der Waals surface area contributed by atoms with Gasteiger partial charge < -0.3 is 5.32 Å². The zero-order chi connectivity index (χ0) is 12.3. The molecule has 0 fully saturated rings. The highest BCUT2D eigenvalue weighted by Crippen LogP contribution is 2.16. The Hall–Kier alpha value is -1.88. The molecule has 0 spiro atoms. The first kappa shape index (κ1) is 11.6. The molecule has 0 saturated heterocycles. The molecule has 0 unspecified atom stereocenters. The maximum absolute atomic E-state index is 11.9. The average Bonchev–Trinajstić information content (AvgIpc) is 2.76. The van der Waals surface area contributed by atoms with E-state index < -0.39 is 0 Å². The van der Waals surface area contributed by atoms with Crippen molar-refractivity contribution in [1.82, 2.24) is 10.2 Å². The lowest BCUT2D eigenvalue weighted by molar-refractivity contribution is 0.102. The van der Waals surface area contributed by atoms with Crippen LogP contribution in [-0.2, 0) is 0 Å². The molecule has 1 aromatic carbocycles. The molecule has 1 aromatic heterocycles. The Bertz CT molecular complexity index is 600. The number of carbonyl (C=O) groups is 1. The molecule has 0 bridgehead atoms. The standard InChI is InChI=1S/C11H7IN4O/c12-8-6-14-16-10(8)11(17)15-9-4-2-1-3-7(9)5-13/h1-4,6H,(H,14,16)(H,15,17). The number of nitriles is 1. The highest BCUT2D eigenvalue weighted by atomic mass is 127. The summed E-state index contributed by atoms with van der Waals surface area (Å²) in [6.07, 6.45) is 1.56. The van der Waals surface area contributed by atoms with Crippen LogP contribution in [0.15, 0.2) is 30.5 Å². The Labute approximate surface area is 111 Å². The number of halogens is 1. The number of hydrogen-bond donors (Lipinski definition) is 2. The third-order valence-electron chi connectivity index (χ3n) is 2.12. The van der Waals surface area contributed by atoms with E-state index in [4.69, 9.17) is 5.26 Å². The van der Waals surface area contributed by atoms with E-state index in [0.717, 1.165) is 3.57 Å². The van der Waals surface area contributed by atoms with Crippen molar-refractivity contribution < 1.29 is 4.79 Å². The molecule has 2 aromatic rings. The highest BCUT2D eigenvalue weighted by Gasteiger charge is 2.13. The van der Waals surface area contributed by atoms with Gasteiger partial charge in [0.1, 0.15) is 11.8 Å². The largest absolute Gasteiger partial charge is 0.319 e. The molecule has 0 aliphatic rings. The first-order chi connectivity index (χ1) is 8.22. The van der Waals surface area contributed by atoms with E-state index in [1.54, 1.807) is 30.5 Å². The van der Waals surface area contributed by atoms with Crippen molar-refractivity contribution >= 4 is 34.2 Å². The number of H-pyrrole nitrogens is 1. The third kappa shape index (κ3) is 2.45. The fourth-order valence-electron chi connectivity index (χ4n) is 1.31. The van der Waals surface area contributed by atoms with Crippen molar-refractivity contribution in [2.75, 3.05) is 5.32 Å². The van der Waals surface area contributed by atoms with Crippen LogP contribution in [0.25, 0.3) is 0 Å². The predicted octanol–water partition coefficient (Wildman–Crippen LogP) is 2.14. The minimum atomic E-state index is -0.311. The second-order valence-electron chi connectivity index (χ2n) is 3.20. The molecule has 0 radical (unpaired) electrons. The van der Waals surface area contributed by atoms with Gasteiger partial charge in [-0.3, -0.25) is 9.89 Å². The van der Waals surface area contributed by atoms with E-state index in [0.29, 0.717) is 16.9 Å². The molecule has 2 N–H and O–H groups in total. The summed E-state index contributed by atoms with van der Waals surface area (Å²) in [4.78, 5) is 11.9. The van der Waals surface area contributed by atoms with Gasteiger partial charge in [0.25, 0.3) is 5.91 Å². The van der Waals surface area contributed by atoms with E-state index in [2.05, 4.69) is 15.5 Å². The number of nitrogens with one attached hydrogen (secondary N) is 2. The van der Waals surface area contributed by atoms with Gasteiger partial charge in [-0.05, 0) is 34.7 Å². The van der Waals surface area contributed by atoms with Gasteiger partial charge in [0.2, 0.25) is 0 Å². The fourth-order valence-corrected chi connectivity index (χ4v) is 1.81. The van der Waals surface area contributed by atoms with Crippen LogP contribution in [0.4, 0.5) is 5.69 Å². The van der Waals surface area contributed by atoms with Crippen molar-refractivity contribution in [1.29, 1.82) is 5.26 Å². The molecule has 0 aliphatic carbocycles. The van der Waals surface area contributed by atoms with Crippen LogP contribution in [0.1, 0.15) is 16.1 Å². The zero-order valence-corrected chi connectivity index (χ0v) is 10.7. The quantitative estimate of drug-likeness (QED) is 0.823. The lowest BCUT2D eigenvalue weighted by atomic mass is 10.2. The van der Waals surface area contributed by atoms with Gasteiger partial charge in [-0.25, -0.2) is 0 Å². The number of hydrogen-bond acceptors (Lipinski definition) is 3. The van der Waals surface area contributed by atoms with Gasteiger partial charge in [0.05, 0.1) is 21.0 Å². The Morgan fingerprint density at radius 1 is 1.47 bits per heavy atom. The summed E-state index contributed by atoms with van der Waals surface area (Å²) in [5, 5.41) is 17.9. The summed E-state index contributed by atoms with van der Waals surface area (Å²) in [5.41, 5.74) is 1.30. The third-order valence-corrected chi connectivity index (χ3v) is 2.93. The molecule has 1 amide bonds. The molecule has 0 saturated carbocycles. The Balaban J connectivity index is 2.26. The van der Waals surface area contributed by atoms with Gasteiger partial charge in [-0.15, -0.1) is 0 Å². The number of rotatable bonds is 2. The lowest BCUT2D eigenvalue weighted by Crippen LogP contribution is -2.14. The normalized spacial score (nSPS) is 9.65. The number of anilines is 1. The first-order valence-electron chi connectivity index (χ1n) is 4.71. The Morgan fingerprint density at radius 3 is 2.88 bits per heavy atom. The molecule has 0 aliphatic heterocycles. The van der Waals surface area contributed by atoms with Gasteiger partial charge in [0, 0.05) is 0 Å². The van der Waals surface area contributed by atoms with Gasteiger partial charge in [-0.1, -0.05) is 12.1 Å². The van der Waals surface area contributed by atoms with E-state index in [-0.39, 0.29) is 5.91 Å². The van der Waals surface area contributed by atoms with Crippen LogP contribution in [-0.4, -0.2) is 16.1 Å².